The maximum atomic E-state index is 15.0. The fourth-order valence-electron chi connectivity index (χ4n) is 5.98. The van der Waals surface area contributed by atoms with E-state index in [4.69, 9.17) is 4.42 Å². The zero-order valence-electron chi connectivity index (χ0n) is 23.0. The number of rotatable bonds is 4. The lowest BCUT2D eigenvalue weighted by Crippen LogP contribution is -2.53. The van der Waals surface area contributed by atoms with Gasteiger partial charge in [-0.3, -0.25) is 19.3 Å². The molecule has 0 radical (unpaired) electrons. The molecule has 0 saturated carbocycles. The normalized spacial score (nSPS) is 17.8. The van der Waals surface area contributed by atoms with Crippen molar-refractivity contribution < 1.29 is 14.0 Å². The Balaban J connectivity index is 1.55. The highest BCUT2D eigenvalue weighted by atomic mass is 32.1. The summed E-state index contributed by atoms with van der Waals surface area (Å²) in [6.07, 6.45) is 0. The molecule has 204 valence electrons. The standard InChI is InChI=1S/C32H26N4O4S/c1-17(2)28-33-34-31(41-28)36-29(38)27-25(26(37)21-15-19(4)12-13-24(21)40-27)32(36)22-10-5-6-11-23(22)35(30(32)39)16-20-9-7-8-18(3)14-20/h5-15,17H,16H2,1-4H3. The number of aryl methyl sites for hydroxylation is 2. The second-order valence-corrected chi connectivity index (χ2v) is 11.9. The molecule has 2 aromatic heterocycles. The van der Waals surface area contributed by atoms with Gasteiger partial charge in [-0.15, -0.1) is 10.2 Å². The third-order valence-corrected chi connectivity index (χ3v) is 9.03. The fourth-order valence-corrected chi connectivity index (χ4v) is 6.87. The van der Waals surface area contributed by atoms with Crippen molar-refractivity contribution >= 4 is 44.9 Å². The van der Waals surface area contributed by atoms with Gasteiger partial charge in [-0.05, 0) is 37.6 Å². The molecule has 2 amide bonds. The van der Waals surface area contributed by atoms with Gasteiger partial charge in [0.2, 0.25) is 10.9 Å². The molecule has 1 atom stereocenters. The Kier molecular flexibility index (Phi) is 5.53. The minimum atomic E-state index is -1.79. The van der Waals surface area contributed by atoms with Gasteiger partial charge in [0.15, 0.2) is 11.0 Å². The van der Waals surface area contributed by atoms with E-state index in [-0.39, 0.29) is 28.9 Å². The van der Waals surface area contributed by atoms with Crippen LogP contribution in [0.1, 0.15) is 63.1 Å². The Morgan fingerprint density at radius 2 is 1.71 bits per heavy atom. The minimum Gasteiger partial charge on any atom is -0.450 e. The topological polar surface area (TPSA) is 96.6 Å². The SMILES string of the molecule is Cc1cccc(CN2C(=O)C3(c4ccccc42)c2c(oc4ccc(C)cc4c2=O)C(=O)N3c2nnc(C(C)C)s2)c1. The highest BCUT2D eigenvalue weighted by Crippen LogP contribution is 2.54. The Hall–Kier alpha value is -4.63. The maximum Gasteiger partial charge on any atom is 0.297 e. The predicted molar refractivity (Wildman–Crippen MR) is 158 cm³/mol. The molecule has 3 aromatic carbocycles. The van der Waals surface area contributed by atoms with Crippen molar-refractivity contribution in [3.63, 3.8) is 0 Å². The first-order chi connectivity index (χ1) is 19.7. The Labute approximate surface area is 239 Å². The van der Waals surface area contributed by atoms with E-state index in [1.54, 1.807) is 17.0 Å². The van der Waals surface area contributed by atoms with Crippen molar-refractivity contribution in [1.29, 1.82) is 0 Å². The molecule has 5 aromatic rings. The summed E-state index contributed by atoms with van der Waals surface area (Å²) in [6.45, 7) is 8.12. The van der Waals surface area contributed by atoms with Gasteiger partial charge >= 0.3 is 0 Å². The van der Waals surface area contributed by atoms with Gasteiger partial charge in [0.05, 0.1) is 23.2 Å². The molecule has 0 aliphatic carbocycles. The average molecular weight is 563 g/mol. The number of nitrogens with zero attached hydrogens (tertiary/aromatic N) is 4. The molecule has 2 aliphatic heterocycles. The number of hydrogen-bond acceptors (Lipinski definition) is 7. The van der Waals surface area contributed by atoms with Crippen LogP contribution in [0, 0.1) is 13.8 Å². The molecule has 1 spiro atoms. The zero-order valence-corrected chi connectivity index (χ0v) is 23.8. The lowest BCUT2D eigenvalue weighted by Gasteiger charge is -2.32. The van der Waals surface area contributed by atoms with Gasteiger partial charge < -0.3 is 9.32 Å². The summed E-state index contributed by atoms with van der Waals surface area (Å²) in [6, 6.07) is 20.5. The first-order valence-electron chi connectivity index (χ1n) is 13.4. The van der Waals surface area contributed by atoms with Crippen LogP contribution >= 0.6 is 11.3 Å². The van der Waals surface area contributed by atoms with Crippen LogP contribution in [0.5, 0.6) is 0 Å². The van der Waals surface area contributed by atoms with Gasteiger partial charge in [0.25, 0.3) is 11.8 Å². The van der Waals surface area contributed by atoms with Crippen LogP contribution < -0.4 is 15.2 Å². The molecule has 1 unspecified atom stereocenters. The van der Waals surface area contributed by atoms with Crippen LogP contribution in [0.2, 0.25) is 0 Å². The molecular weight excluding hydrogens is 536 g/mol. The monoisotopic (exact) mass is 562 g/mol. The summed E-state index contributed by atoms with van der Waals surface area (Å²) in [5.74, 6) is -1.08. The van der Waals surface area contributed by atoms with Crippen LogP contribution in [0.3, 0.4) is 0 Å². The average Bonchev–Trinajstić information content (AvgIpc) is 3.60. The Bertz CT molecular complexity index is 1980. The van der Waals surface area contributed by atoms with E-state index in [0.29, 0.717) is 27.2 Å². The quantitative estimate of drug-likeness (QED) is 0.273. The Morgan fingerprint density at radius 1 is 0.927 bits per heavy atom. The predicted octanol–water partition coefficient (Wildman–Crippen LogP) is 5.84. The molecular formula is C32H26N4O4S. The first kappa shape index (κ1) is 25.3. The van der Waals surface area contributed by atoms with Gasteiger partial charge in [-0.1, -0.05) is 84.8 Å². The number of aromatic nitrogens is 2. The number of anilines is 2. The molecule has 0 fully saturated rings. The highest BCUT2D eigenvalue weighted by molar-refractivity contribution is 7.15. The minimum absolute atomic E-state index is 0.0195. The van der Waals surface area contributed by atoms with E-state index >= 15 is 0 Å². The van der Waals surface area contributed by atoms with Crippen LogP contribution in [0.15, 0.2) is 75.9 Å². The van der Waals surface area contributed by atoms with Gasteiger partial charge in [-0.2, -0.15) is 0 Å². The lowest BCUT2D eigenvalue weighted by molar-refractivity contribution is -0.121. The molecule has 41 heavy (non-hydrogen) atoms. The van der Waals surface area contributed by atoms with Crippen LogP contribution in [0.4, 0.5) is 10.8 Å². The number of amides is 2. The summed E-state index contributed by atoms with van der Waals surface area (Å²) >= 11 is 1.24. The van der Waals surface area contributed by atoms with E-state index < -0.39 is 22.8 Å². The maximum absolute atomic E-state index is 15.0. The highest BCUT2D eigenvalue weighted by Gasteiger charge is 2.66. The van der Waals surface area contributed by atoms with Gasteiger partial charge in [0.1, 0.15) is 10.6 Å². The van der Waals surface area contributed by atoms with E-state index in [1.165, 1.54) is 16.2 Å². The van der Waals surface area contributed by atoms with Gasteiger partial charge in [0, 0.05) is 11.5 Å². The van der Waals surface area contributed by atoms with Crippen molar-refractivity contribution in [2.45, 2.75) is 45.7 Å². The van der Waals surface area contributed by atoms with E-state index in [9.17, 15) is 14.4 Å². The third kappa shape index (κ3) is 3.48. The lowest BCUT2D eigenvalue weighted by atomic mass is 9.84. The summed E-state index contributed by atoms with van der Waals surface area (Å²) in [7, 11) is 0. The van der Waals surface area contributed by atoms with E-state index in [1.807, 2.05) is 82.3 Å². The molecule has 7 rings (SSSR count). The number of para-hydroxylation sites is 1. The van der Waals surface area contributed by atoms with Crippen molar-refractivity contribution in [2.24, 2.45) is 0 Å². The summed E-state index contributed by atoms with van der Waals surface area (Å²) in [4.78, 5) is 46.7. The number of fused-ring (bicyclic) bond motifs is 5. The molecule has 9 heteroatoms. The number of hydrogen-bond donors (Lipinski definition) is 0. The summed E-state index contributed by atoms with van der Waals surface area (Å²) in [5, 5.41) is 9.97. The third-order valence-electron chi connectivity index (χ3n) is 7.82. The van der Waals surface area contributed by atoms with Gasteiger partial charge in [-0.25, -0.2) is 0 Å². The smallest absolute Gasteiger partial charge is 0.297 e. The van der Waals surface area contributed by atoms with E-state index in [2.05, 4.69) is 10.2 Å². The first-order valence-corrected chi connectivity index (χ1v) is 14.3. The van der Waals surface area contributed by atoms with Crippen LogP contribution in [0.25, 0.3) is 11.0 Å². The van der Waals surface area contributed by atoms with Crippen LogP contribution in [-0.4, -0.2) is 22.0 Å². The fraction of sp³-hybridized carbons (Fsp3) is 0.219. The second-order valence-electron chi connectivity index (χ2n) is 11.0. The van der Waals surface area contributed by atoms with E-state index in [0.717, 1.165) is 16.7 Å². The number of benzene rings is 3. The van der Waals surface area contributed by atoms with Crippen molar-refractivity contribution in [2.75, 3.05) is 9.80 Å². The molecule has 0 saturated heterocycles. The molecule has 0 N–H and O–H groups in total. The number of carbonyl (C=O) groups excluding carboxylic acids is 2. The molecule has 0 bridgehead atoms. The van der Waals surface area contributed by atoms with Crippen molar-refractivity contribution in [1.82, 2.24) is 10.2 Å². The zero-order chi connectivity index (χ0) is 28.6. The number of carbonyl (C=O) groups is 2. The summed E-state index contributed by atoms with van der Waals surface area (Å²) in [5.41, 5.74) is 2.13. The Morgan fingerprint density at radius 3 is 2.46 bits per heavy atom. The molecule has 8 nitrogen and oxygen atoms in total. The molecule has 2 aliphatic rings. The largest absolute Gasteiger partial charge is 0.450 e. The summed E-state index contributed by atoms with van der Waals surface area (Å²) < 4.78 is 6.17. The van der Waals surface area contributed by atoms with Crippen molar-refractivity contribution in [3.05, 3.63) is 116 Å². The second kappa shape index (κ2) is 8.94. The van der Waals surface area contributed by atoms with Crippen LogP contribution in [-0.2, 0) is 16.9 Å². The molecule has 4 heterocycles. The van der Waals surface area contributed by atoms with Crippen molar-refractivity contribution in [3.8, 4) is 0 Å².